The van der Waals surface area contributed by atoms with E-state index in [9.17, 15) is 14.0 Å². The highest BCUT2D eigenvalue weighted by Crippen LogP contribution is 2.12. The molecule has 0 aromatic heterocycles. The Hall–Kier alpha value is -2.40. The average molecular weight is 363 g/mol. The first-order chi connectivity index (χ1) is 11.9. The van der Waals surface area contributed by atoms with Gasteiger partial charge in [0.05, 0.1) is 0 Å². The van der Waals surface area contributed by atoms with Gasteiger partial charge in [0.15, 0.2) is 0 Å². The number of amides is 2. The second-order valence-corrected chi connectivity index (χ2v) is 6.13. The van der Waals surface area contributed by atoms with Crippen LogP contribution >= 0.6 is 11.6 Å². The fraction of sp³-hybridized carbons (Fsp3) is 0.263. The van der Waals surface area contributed by atoms with Crippen molar-refractivity contribution in [1.29, 1.82) is 0 Å². The number of rotatable bonds is 7. The number of nitrogens with zero attached hydrogens (tertiary/aromatic N) is 1. The van der Waals surface area contributed by atoms with Crippen molar-refractivity contribution < 1.29 is 14.0 Å². The number of benzene rings is 2. The minimum atomic E-state index is -0.412. The molecule has 0 fully saturated rings. The maximum Gasteiger partial charge on any atom is 0.226 e. The van der Waals surface area contributed by atoms with Crippen LogP contribution in [0, 0.1) is 5.82 Å². The van der Waals surface area contributed by atoms with Gasteiger partial charge in [-0.05, 0) is 42.3 Å². The van der Waals surface area contributed by atoms with E-state index < -0.39 is 5.82 Å². The highest BCUT2D eigenvalue weighted by atomic mass is 35.5. The van der Waals surface area contributed by atoms with Crippen molar-refractivity contribution in [2.45, 2.75) is 19.8 Å². The lowest BCUT2D eigenvalue weighted by atomic mass is 10.1. The van der Waals surface area contributed by atoms with Crippen LogP contribution in [0.15, 0.2) is 48.5 Å². The molecule has 0 heterocycles. The Bertz CT molecular complexity index is 752. The van der Waals surface area contributed by atoms with Gasteiger partial charge in [0, 0.05) is 37.1 Å². The van der Waals surface area contributed by atoms with Gasteiger partial charge in [-0.25, -0.2) is 4.39 Å². The Kier molecular flexibility index (Phi) is 6.95. The Morgan fingerprint density at radius 1 is 1.12 bits per heavy atom. The zero-order valence-corrected chi connectivity index (χ0v) is 14.7. The lowest BCUT2D eigenvalue weighted by molar-refractivity contribution is -0.129. The van der Waals surface area contributed by atoms with Crippen LogP contribution in [0.3, 0.4) is 0 Å². The lowest BCUT2D eigenvalue weighted by Gasteiger charge is -2.21. The molecule has 2 amide bonds. The van der Waals surface area contributed by atoms with E-state index in [1.807, 2.05) is 18.2 Å². The van der Waals surface area contributed by atoms with Crippen LogP contribution in [0.5, 0.6) is 0 Å². The molecule has 0 unspecified atom stereocenters. The molecule has 2 aromatic carbocycles. The van der Waals surface area contributed by atoms with Crippen LogP contribution in [-0.2, 0) is 16.0 Å². The van der Waals surface area contributed by atoms with Crippen molar-refractivity contribution in [3.8, 4) is 0 Å². The summed E-state index contributed by atoms with van der Waals surface area (Å²) in [5.41, 5.74) is 1.43. The van der Waals surface area contributed by atoms with Crippen molar-refractivity contribution in [1.82, 2.24) is 4.90 Å². The molecule has 0 saturated heterocycles. The number of halogens is 2. The zero-order valence-electron chi connectivity index (χ0n) is 14.0. The number of hydrogen-bond acceptors (Lipinski definition) is 2. The fourth-order valence-corrected chi connectivity index (χ4v) is 2.62. The van der Waals surface area contributed by atoms with Crippen LogP contribution in [0.4, 0.5) is 10.1 Å². The van der Waals surface area contributed by atoms with Gasteiger partial charge in [-0.15, -0.1) is 0 Å². The van der Waals surface area contributed by atoms with Crippen LogP contribution in [-0.4, -0.2) is 29.8 Å². The number of hydrogen-bond donors (Lipinski definition) is 1. The second-order valence-electron chi connectivity index (χ2n) is 5.69. The predicted molar refractivity (Wildman–Crippen MR) is 97.1 cm³/mol. The molecule has 0 radical (unpaired) electrons. The fourth-order valence-electron chi connectivity index (χ4n) is 2.41. The van der Waals surface area contributed by atoms with Crippen LogP contribution in [0.25, 0.3) is 0 Å². The van der Waals surface area contributed by atoms with Gasteiger partial charge in [-0.1, -0.05) is 29.8 Å². The first-order valence-corrected chi connectivity index (χ1v) is 8.37. The molecule has 0 aliphatic carbocycles. The van der Waals surface area contributed by atoms with E-state index in [0.29, 0.717) is 30.2 Å². The topological polar surface area (TPSA) is 49.4 Å². The smallest absolute Gasteiger partial charge is 0.226 e. The van der Waals surface area contributed by atoms with E-state index in [-0.39, 0.29) is 18.2 Å². The molecule has 2 aromatic rings. The molecule has 0 atom stereocenters. The Labute approximate surface area is 151 Å². The second kappa shape index (κ2) is 9.18. The monoisotopic (exact) mass is 362 g/mol. The van der Waals surface area contributed by atoms with Gasteiger partial charge < -0.3 is 10.2 Å². The van der Waals surface area contributed by atoms with Crippen LogP contribution in [0.2, 0.25) is 5.02 Å². The largest absolute Gasteiger partial charge is 0.342 e. The minimum Gasteiger partial charge on any atom is -0.342 e. The summed E-state index contributed by atoms with van der Waals surface area (Å²) in [7, 11) is 0. The quantitative estimate of drug-likeness (QED) is 0.812. The van der Waals surface area contributed by atoms with E-state index in [1.165, 1.54) is 25.1 Å². The maximum atomic E-state index is 13.1. The summed E-state index contributed by atoms with van der Waals surface area (Å²) in [5.74, 6) is -0.773. The van der Waals surface area contributed by atoms with Crippen LogP contribution < -0.4 is 5.32 Å². The Morgan fingerprint density at radius 3 is 2.56 bits per heavy atom. The van der Waals surface area contributed by atoms with Gasteiger partial charge in [0.25, 0.3) is 0 Å². The SMILES string of the molecule is CC(=O)N(CCC(=O)Nc1cccc(F)c1)CCc1cccc(Cl)c1. The summed E-state index contributed by atoms with van der Waals surface area (Å²) in [6, 6.07) is 13.2. The Balaban J connectivity index is 1.84. The van der Waals surface area contributed by atoms with Gasteiger partial charge in [-0.2, -0.15) is 0 Å². The first kappa shape index (κ1) is 18.9. The molecule has 132 valence electrons. The van der Waals surface area contributed by atoms with Crippen molar-refractivity contribution in [3.63, 3.8) is 0 Å². The summed E-state index contributed by atoms with van der Waals surface area (Å²) in [5, 5.41) is 3.28. The van der Waals surface area contributed by atoms with E-state index in [2.05, 4.69) is 5.32 Å². The van der Waals surface area contributed by atoms with E-state index in [4.69, 9.17) is 11.6 Å². The third-order valence-electron chi connectivity index (χ3n) is 3.72. The van der Waals surface area contributed by atoms with Gasteiger partial charge in [0.2, 0.25) is 11.8 Å². The van der Waals surface area contributed by atoms with Gasteiger partial charge in [-0.3, -0.25) is 9.59 Å². The van der Waals surface area contributed by atoms with E-state index in [0.717, 1.165) is 5.56 Å². The molecule has 4 nitrogen and oxygen atoms in total. The van der Waals surface area contributed by atoms with Gasteiger partial charge in [0.1, 0.15) is 5.82 Å². The average Bonchev–Trinajstić information content (AvgIpc) is 2.54. The molecule has 25 heavy (non-hydrogen) atoms. The molecule has 1 N–H and O–H groups in total. The maximum absolute atomic E-state index is 13.1. The van der Waals surface area contributed by atoms with Gasteiger partial charge >= 0.3 is 0 Å². The standard InChI is InChI=1S/C19H20ClFN2O2/c1-14(24)23(10-8-15-4-2-5-16(20)12-15)11-9-19(25)22-18-7-3-6-17(21)13-18/h2-7,12-13H,8-11H2,1H3,(H,22,25). The number of carbonyl (C=O) groups excluding carboxylic acids is 2. The normalized spacial score (nSPS) is 10.4. The van der Waals surface area contributed by atoms with Crippen molar-refractivity contribution >= 4 is 29.1 Å². The molecule has 0 aliphatic heterocycles. The highest BCUT2D eigenvalue weighted by molar-refractivity contribution is 6.30. The molecular formula is C19H20ClFN2O2. The van der Waals surface area contributed by atoms with E-state index >= 15 is 0 Å². The zero-order chi connectivity index (χ0) is 18.2. The molecule has 0 spiro atoms. The molecule has 0 bridgehead atoms. The lowest BCUT2D eigenvalue weighted by Crippen LogP contribution is -2.33. The third-order valence-corrected chi connectivity index (χ3v) is 3.96. The Morgan fingerprint density at radius 2 is 1.88 bits per heavy atom. The molecule has 2 rings (SSSR count). The van der Waals surface area contributed by atoms with Crippen LogP contribution in [0.1, 0.15) is 18.9 Å². The summed E-state index contributed by atoms with van der Waals surface area (Å²) in [6.45, 7) is 2.28. The molecular weight excluding hydrogens is 343 g/mol. The molecule has 0 aliphatic rings. The number of nitrogens with one attached hydrogen (secondary N) is 1. The number of carbonyl (C=O) groups is 2. The molecule has 6 heteroatoms. The number of anilines is 1. The first-order valence-electron chi connectivity index (χ1n) is 7.99. The summed E-state index contributed by atoms with van der Waals surface area (Å²) >= 11 is 5.95. The third kappa shape index (κ3) is 6.55. The summed E-state index contributed by atoms with van der Waals surface area (Å²) in [4.78, 5) is 25.4. The molecule has 0 saturated carbocycles. The summed E-state index contributed by atoms with van der Waals surface area (Å²) in [6.07, 6.45) is 0.803. The van der Waals surface area contributed by atoms with E-state index in [1.54, 1.807) is 17.0 Å². The highest BCUT2D eigenvalue weighted by Gasteiger charge is 2.12. The predicted octanol–water partition coefficient (Wildman–Crippen LogP) is 3.90. The van der Waals surface area contributed by atoms with Crippen molar-refractivity contribution in [2.24, 2.45) is 0 Å². The summed E-state index contributed by atoms with van der Waals surface area (Å²) < 4.78 is 13.1. The van der Waals surface area contributed by atoms with Crippen molar-refractivity contribution in [3.05, 3.63) is 64.9 Å². The minimum absolute atomic E-state index is 0.0967. The van der Waals surface area contributed by atoms with Crippen molar-refractivity contribution in [2.75, 3.05) is 18.4 Å².